The lowest BCUT2D eigenvalue weighted by atomic mass is 9.96. The van der Waals surface area contributed by atoms with Crippen LogP contribution in [0.1, 0.15) is 54.4 Å². The van der Waals surface area contributed by atoms with Crippen LogP contribution in [0.2, 0.25) is 0 Å². The average Bonchev–Trinajstić information content (AvgIpc) is 2.81. The zero-order valence-electron chi connectivity index (χ0n) is 19.0. The van der Waals surface area contributed by atoms with Gasteiger partial charge in [0.1, 0.15) is 0 Å². The first kappa shape index (κ1) is 22.0. The molecule has 1 unspecified atom stereocenters. The third-order valence-corrected chi connectivity index (χ3v) is 6.88. The Bertz CT molecular complexity index is 842. The number of hydrogen-bond donors (Lipinski definition) is 1. The van der Waals surface area contributed by atoms with Crippen molar-refractivity contribution in [2.24, 2.45) is 5.92 Å². The van der Waals surface area contributed by atoms with Gasteiger partial charge in [-0.05, 0) is 74.5 Å². The van der Waals surface area contributed by atoms with Crippen LogP contribution in [-0.2, 0) is 24.4 Å². The smallest absolute Gasteiger partial charge is 0.224 e. The fourth-order valence-corrected chi connectivity index (χ4v) is 4.91. The molecule has 2 aromatic rings. The number of hydrogen-bond acceptors (Lipinski definition) is 3. The molecule has 0 spiro atoms. The molecule has 2 aliphatic rings. The Morgan fingerprint density at radius 1 is 0.871 bits per heavy atom. The van der Waals surface area contributed by atoms with E-state index in [0.29, 0.717) is 6.54 Å². The molecule has 2 aliphatic heterocycles. The van der Waals surface area contributed by atoms with Gasteiger partial charge in [-0.1, -0.05) is 55.0 Å². The lowest BCUT2D eigenvalue weighted by Crippen LogP contribution is -2.42. The number of amides is 1. The molecule has 1 atom stereocenters. The quantitative estimate of drug-likeness (QED) is 0.717. The Labute approximate surface area is 187 Å². The lowest BCUT2D eigenvalue weighted by molar-refractivity contribution is -0.126. The van der Waals surface area contributed by atoms with Gasteiger partial charge in [0.25, 0.3) is 0 Å². The highest BCUT2D eigenvalue weighted by Crippen LogP contribution is 2.20. The number of carbonyl (C=O) groups excluding carboxylic acids is 1. The summed E-state index contributed by atoms with van der Waals surface area (Å²) in [5, 5.41) is 3.19. The summed E-state index contributed by atoms with van der Waals surface area (Å²) in [6, 6.07) is 17.4. The van der Waals surface area contributed by atoms with E-state index in [1.54, 1.807) is 0 Å². The van der Waals surface area contributed by atoms with Crippen molar-refractivity contribution >= 4 is 5.91 Å². The number of aryl methyl sites for hydroxylation is 1. The summed E-state index contributed by atoms with van der Waals surface area (Å²) in [4.78, 5) is 17.8. The summed E-state index contributed by atoms with van der Waals surface area (Å²) in [5.74, 6) is 0.294. The molecule has 0 aromatic heterocycles. The van der Waals surface area contributed by atoms with Gasteiger partial charge in [0.2, 0.25) is 5.91 Å². The monoisotopic (exact) mass is 419 g/mol. The SMILES string of the molecule is Cc1ccccc1CN1CCCC(C(=O)NCc2ccc(CN3CCCCC3)cc2)C1. The number of nitrogens with one attached hydrogen (secondary N) is 1. The zero-order valence-corrected chi connectivity index (χ0v) is 19.0. The highest BCUT2D eigenvalue weighted by Gasteiger charge is 2.25. The molecule has 0 bridgehead atoms. The van der Waals surface area contributed by atoms with Crippen LogP contribution in [0.15, 0.2) is 48.5 Å². The number of rotatable bonds is 7. The Hall–Kier alpha value is -2.17. The maximum atomic E-state index is 12.8. The van der Waals surface area contributed by atoms with Crippen LogP contribution < -0.4 is 5.32 Å². The topological polar surface area (TPSA) is 35.6 Å². The van der Waals surface area contributed by atoms with Crippen molar-refractivity contribution in [3.05, 3.63) is 70.8 Å². The number of likely N-dealkylation sites (tertiary alicyclic amines) is 2. The molecule has 1 N–H and O–H groups in total. The molecule has 31 heavy (non-hydrogen) atoms. The number of carbonyl (C=O) groups is 1. The second kappa shape index (κ2) is 10.9. The van der Waals surface area contributed by atoms with Crippen LogP contribution in [0.5, 0.6) is 0 Å². The normalized spacial score (nSPS) is 20.5. The van der Waals surface area contributed by atoms with Crippen LogP contribution >= 0.6 is 0 Å². The van der Waals surface area contributed by atoms with Gasteiger partial charge in [-0.15, -0.1) is 0 Å². The number of piperidine rings is 2. The van der Waals surface area contributed by atoms with Crippen LogP contribution in [-0.4, -0.2) is 41.9 Å². The first-order valence-electron chi connectivity index (χ1n) is 12.0. The summed E-state index contributed by atoms with van der Waals surface area (Å²) in [5.41, 5.74) is 5.26. The summed E-state index contributed by atoms with van der Waals surface area (Å²) >= 11 is 0. The first-order chi connectivity index (χ1) is 15.2. The van der Waals surface area contributed by atoms with Gasteiger partial charge in [-0.2, -0.15) is 0 Å². The van der Waals surface area contributed by atoms with Crippen molar-refractivity contribution in [2.75, 3.05) is 26.2 Å². The molecule has 2 aromatic carbocycles. The van der Waals surface area contributed by atoms with Crippen molar-refractivity contribution in [1.82, 2.24) is 15.1 Å². The van der Waals surface area contributed by atoms with E-state index >= 15 is 0 Å². The number of benzene rings is 2. The van der Waals surface area contributed by atoms with Gasteiger partial charge < -0.3 is 5.32 Å². The zero-order chi connectivity index (χ0) is 21.5. The van der Waals surface area contributed by atoms with Crippen LogP contribution in [0.4, 0.5) is 0 Å². The van der Waals surface area contributed by atoms with E-state index < -0.39 is 0 Å². The molecule has 0 aliphatic carbocycles. The largest absolute Gasteiger partial charge is 0.352 e. The Morgan fingerprint density at radius 3 is 2.35 bits per heavy atom. The summed E-state index contributed by atoms with van der Waals surface area (Å²) < 4.78 is 0. The third-order valence-electron chi connectivity index (χ3n) is 6.88. The number of nitrogens with zero attached hydrogens (tertiary/aromatic N) is 2. The minimum Gasteiger partial charge on any atom is -0.352 e. The fraction of sp³-hybridized carbons (Fsp3) is 0.519. The highest BCUT2D eigenvalue weighted by molar-refractivity contribution is 5.79. The Morgan fingerprint density at radius 2 is 1.58 bits per heavy atom. The molecule has 4 nitrogen and oxygen atoms in total. The molecule has 2 saturated heterocycles. The molecule has 0 saturated carbocycles. The minimum atomic E-state index is 0.0937. The van der Waals surface area contributed by atoms with E-state index in [0.717, 1.165) is 39.0 Å². The average molecular weight is 420 g/mol. The predicted octanol–water partition coefficient (Wildman–Crippen LogP) is 4.51. The maximum Gasteiger partial charge on any atom is 0.224 e. The lowest BCUT2D eigenvalue weighted by Gasteiger charge is -2.32. The van der Waals surface area contributed by atoms with Crippen molar-refractivity contribution in [3.63, 3.8) is 0 Å². The van der Waals surface area contributed by atoms with Crippen molar-refractivity contribution in [3.8, 4) is 0 Å². The second-order valence-corrected chi connectivity index (χ2v) is 9.37. The van der Waals surface area contributed by atoms with Gasteiger partial charge in [-0.25, -0.2) is 0 Å². The van der Waals surface area contributed by atoms with Gasteiger partial charge in [0, 0.05) is 26.2 Å². The van der Waals surface area contributed by atoms with Crippen LogP contribution in [0.3, 0.4) is 0 Å². The summed E-state index contributed by atoms with van der Waals surface area (Å²) in [7, 11) is 0. The first-order valence-corrected chi connectivity index (χ1v) is 12.0. The summed E-state index contributed by atoms with van der Waals surface area (Å²) in [6.07, 6.45) is 6.11. The van der Waals surface area contributed by atoms with E-state index in [4.69, 9.17) is 0 Å². The predicted molar refractivity (Wildman–Crippen MR) is 127 cm³/mol. The van der Waals surface area contributed by atoms with E-state index in [1.165, 1.54) is 54.6 Å². The molecular formula is C27H37N3O. The Balaban J connectivity index is 1.24. The fourth-order valence-electron chi connectivity index (χ4n) is 4.91. The molecule has 0 radical (unpaired) electrons. The standard InChI is InChI=1S/C27H37N3O/c1-22-8-3-4-9-25(22)20-30-17-7-10-26(21-30)27(31)28-18-23-11-13-24(14-12-23)19-29-15-5-2-6-16-29/h3-4,8-9,11-14,26H,2,5-7,10,15-21H2,1H3,(H,28,31). The van der Waals surface area contributed by atoms with Gasteiger partial charge >= 0.3 is 0 Å². The maximum absolute atomic E-state index is 12.8. The summed E-state index contributed by atoms with van der Waals surface area (Å²) in [6.45, 7) is 9.16. The van der Waals surface area contributed by atoms with E-state index in [9.17, 15) is 4.79 Å². The van der Waals surface area contributed by atoms with E-state index in [1.807, 2.05) is 0 Å². The molecule has 1 amide bonds. The highest BCUT2D eigenvalue weighted by atomic mass is 16.1. The molecule has 4 rings (SSSR count). The molecule has 4 heteroatoms. The van der Waals surface area contributed by atoms with Gasteiger partial charge in [-0.3, -0.25) is 14.6 Å². The molecule has 166 valence electrons. The van der Waals surface area contributed by atoms with Gasteiger partial charge in [0.05, 0.1) is 5.92 Å². The van der Waals surface area contributed by atoms with Gasteiger partial charge in [0.15, 0.2) is 0 Å². The molecular weight excluding hydrogens is 382 g/mol. The third kappa shape index (κ3) is 6.41. The second-order valence-electron chi connectivity index (χ2n) is 9.37. The van der Waals surface area contributed by atoms with Crippen molar-refractivity contribution < 1.29 is 4.79 Å². The minimum absolute atomic E-state index is 0.0937. The van der Waals surface area contributed by atoms with Crippen molar-refractivity contribution in [1.29, 1.82) is 0 Å². The molecule has 2 fully saturated rings. The van der Waals surface area contributed by atoms with Crippen molar-refractivity contribution in [2.45, 2.75) is 58.7 Å². The van der Waals surface area contributed by atoms with E-state index in [-0.39, 0.29) is 11.8 Å². The van der Waals surface area contributed by atoms with E-state index in [2.05, 4.69) is 70.6 Å². The Kier molecular flexibility index (Phi) is 7.76. The van der Waals surface area contributed by atoms with Crippen LogP contribution in [0, 0.1) is 12.8 Å². The molecule has 2 heterocycles. The van der Waals surface area contributed by atoms with Crippen LogP contribution in [0.25, 0.3) is 0 Å².